The number of halogens is 2. The lowest BCUT2D eigenvalue weighted by atomic mass is 10.1. The van der Waals surface area contributed by atoms with Gasteiger partial charge in [0.05, 0.1) is 0 Å². The average molecular weight is 329 g/mol. The van der Waals surface area contributed by atoms with Crippen molar-refractivity contribution in [1.82, 2.24) is 9.55 Å². The third kappa shape index (κ3) is 3.19. The van der Waals surface area contributed by atoms with E-state index in [1.54, 1.807) is 14.0 Å². The second-order valence-electron chi connectivity index (χ2n) is 4.52. The van der Waals surface area contributed by atoms with Crippen LogP contribution in [0.5, 0.6) is 0 Å². The number of hydrogen-bond acceptors (Lipinski definition) is 3. The van der Waals surface area contributed by atoms with Gasteiger partial charge in [0.1, 0.15) is 0 Å². The summed E-state index contributed by atoms with van der Waals surface area (Å²) in [4.78, 5) is 16.1. The zero-order chi connectivity index (χ0) is 14.9. The SMILES string of the molecule is Cc1cc(=O)n(C)c(SCc2c(Cl)ccc(C)c2Cl)n1. The number of thioether (sulfide) groups is 1. The lowest BCUT2D eigenvalue weighted by molar-refractivity contribution is 0.698. The van der Waals surface area contributed by atoms with Gasteiger partial charge in [-0.2, -0.15) is 0 Å². The van der Waals surface area contributed by atoms with Crippen molar-refractivity contribution in [2.45, 2.75) is 24.8 Å². The van der Waals surface area contributed by atoms with E-state index in [0.717, 1.165) is 11.1 Å². The summed E-state index contributed by atoms with van der Waals surface area (Å²) in [5.41, 5.74) is 2.49. The summed E-state index contributed by atoms with van der Waals surface area (Å²) in [5.74, 6) is 0.572. The van der Waals surface area contributed by atoms with Gasteiger partial charge in [0.25, 0.3) is 5.56 Å². The van der Waals surface area contributed by atoms with Crippen molar-refractivity contribution < 1.29 is 0 Å². The molecule has 0 saturated heterocycles. The Balaban J connectivity index is 2.30. The molecule has 1 aromatic heterocycles. The maximum Gasteiger partial charge on any atom is 0.254 e. The van der Waals surface area contributed by atoms with Gasteiger partial charge in [-0.1, -0.05) is 41.0 Å². The first-order valence-electron chi connectivity index (χ1n) is 6.01. The largest absolute Gasteiger partial charge is 0.291 e. The Morgan fingerprint density at radius 1 is 1.30 bits per heavy atom. The average Bonchev–Trinajstić information content (AvgIpc) is 2.39. The third-order valence-corrected chi connectivity index (χ3v) is 4.88. The molecule has 0 aliphatic rings. The molecule has 0 radical (unpaired) electrons. The van der Waals surface area contributed by atoms with E-state index < -0.39 is 0 Å². The second kappa shape index (κ2) is 6.20. The van der Waals surface area contributed by atoms with E-state index in [1.165, 1.54) is 22.4 Å². The molecule has 0 aliphatic carbocycles. The fourth-order valence-electron chi connectivity index (χ4n) is 1.74. The number of aryl methyl sites for hydroxylation is 2. The van der Waals surface area contributed by atoms with E-state index in [0.29, 0.717) is 26.6 Å². The molecule has 0 fully saturated rings. The molecule has 0 unspecified atom stereocenters. The Morgan fingerprint density at radius 2 is 2.00 bits per heavy atom. The molecule has 0 amide bonds. The third-order valence-electron chi connectivity index (χ3n) is 2.95. The topological polar surface area (TPSA) is 34.9 Å². The first kappa shape index (κ1) is 15.4. The van der Waals surface area contributed by atoms with Gasteiger partial charge < -0.3 is 0 Å². The van der Waals surface area contributed by atoms with Crippen LogP contribution in [0, 0.1) is 13.8 Å². The molecule has 6 heteroatoms. The van der Waals surface area contributed by atoms with Crippen molar-refractivity contribution in [2.75, 3.05) is 0 Å². The molecule has 0 N–H and O–H groups in total. The molecule has 0 aliphatic heterocycles. The predicted molar refractivity (Wildman–Crippen MR) is 85.0 cm³/mol. The van der Waals surface area contributed by atoms with E-state index in [4.69, 9.17) is 23.2 Å². The Hall–Kier alpha value is -0.970. The van der Waals surface area contributed by atoms with Crippen molar-refractivity contribution in [3.63, 3.8) is 0 Å². The Labute approximate surface area is 131 Å². The molecular formula is C14H14Cl2N2OS. The van der Waals surface area contributed by atoms with Crippen molar-refractivity contribution in [1.29, 1.82) is 0 Å². The normalized spacial score (nSPS) is 10.8. The molecule has 0 bridgehead atoms. The van der Waals surface area contributed by atoms with Crippen LogP contribution in [0.1, 0.15) is 16.8 Å². The Morgan fingerprint density at radius 3 is 2.70 bits per heavy atom. The van der Waals surface area contributed by atoms with Crippen molar-refractivity contribution in [2.24, 2.45) is 7.05 Å². The summed E-state index contributed by atoms with van der Waals surface area (Å²) in [6.07, 6.45) is 0. The lowest BCUT2D eigenvalue weighted by Gasteiger charge is -2.11. The van der Waals surface area contributed by atoms with Crippen LogP contribution >= 0.6 is 35.0 Å². The highest BCUT2D eigenvalue weighted by Crippen LogP contribution is 2.32. The summed E-state index contributed by atoms with van der Waals surface area (Å²) >= 11 is 13.9. The maximum absolute atomic E-state index is 11.7. The molecule has 0 atom stereocenters. The van der Waals surface area contributed by atoms with Gasteiger partial charge in [-0.05, 0) is 31.0 Å². The quantitative estimate of drug-likeness (QED) is 0.631. The smallest absolute Gasteiger partial charge is 0.254 e. The van der Waals surface area contributed by atoms with Crippen molar-refractivity contribution >= 4 is 35.0 Å². The molecular weight excluding hydrogens is 315 g/mol. The first-order valence-corrected chi connectivity index (χ1v) is 7.75. The second-order valence-corrected chi connectivity index (χ2v) is 6.25. The van der Waals surface area contributed by atoms with E-state index in [-0.39, 0.29) is 5.56 Å². The molecule has 106 valence electrons. The van der Waals surface area contributed by atoms with Crippen LogP contribution in [0.25, 0.3) is 0 Å². The fraction of sp³-hybridized carbons (Fsp3) is 0.286. The summed E-state index contributed by atoms with van der Waals surface area (Å²) in [7, 11) is 1.70. The summed E-state index contributed by atoms with van der Waals surface area (Å²) < 4.78 is 1.52. The van der Waals surface area contributed by atoms with Crippen LogP contribution in [0.2, 0.25) is 10.0 Å². The number of nitrogens with zero attached hydrogens (tertiary/aromatic N) is 2. The van der Waals surface area contributed by atoms with Gasteiger partial charge in [0.2, 0.25) is 0 Å². The van der Waals surface area contributed by atoms with Gasteiger partial charge in [-0.25, -0.2) is 4.98 Å². The molecule has 0 spiro atoms. The van der Waals surface area contributed by atoms with Gasteiger partial charge in [-0.3, -0.25) is 9.36 Å². The predicted octanol–water partition coefficient (Wildman–Crippen LogP) is 4.00. The summed E-state index contributed by atoms with van der Waals surface area (Å²) in [6.45, 7) is 3.74. The van der Waals surface area contributed by atoms with Gasteiger partial charge in [0, 0.05) is 34.6 Å². The molecule has 20 heavy (non-hydrogen) atoms. The molecule has 3 nitrogen and oxygen atoms in total. The van der Waals surface area contributed by atoms with Crippen molar-refractivity contribution in [3.05, 3.63) is 55.4 Å². The molecule has 1 heterocycles. The lowest BCUT2D eigenvalue weighted by Crippen LogP contribution is -2.19. The first-order chi connectivity index (χ1) is 9.40. The summed E-state index contributed by atoms with van der Waals surface area (Å²) in [5, 5.41) is 1.96. The Bertz CT molecular complexity index is 713. The van der Waals surface area contributed by atoms with Crippen molar-refractivity contribution in [3.8, 4) is 0 Å². The van der Waals surface area contributed by atoms with Gasteiger partial charge in [0.15, 0.2) is 5.16 Å². The van der Waals surface area contributed by atoms with E-state index in [9.17, 15) is 4.79 Å². The van der Waals surface area contributed by atoms with Gasteiger partial charge in [-0.15, -0.1) is 0 Å². The summed E-state index contributed by atoms with van der Waals surface area (Å²) in [6, 6.07) is 5.23. The van der Waals surface area contributed by atoms with Crippen LogP contribution in [0.4, 0.5) is 0 Å². The van der Waals surface area contributed by atoms with E-state index in [1.807, 2.05) is 19.1 Å². The zero-order valence-electron chi connectivity index (χ0n) is 11.4. The van der Waals surface area contributed by atoms with Crippen LogP contribution in [-0.2, 0) is 12.8 Å². The minimum Gasteiger partial charge on any atom is -0.291 e. The zero-order valence-corrected chi connectivity index (χ0v) is 13.7. The Kier molecular flexibility index (Phi) is 4.78. The van der Waals surface area contributed by atoms with Crippen LogP contribution in [-0.4, -0.2) is 9.55 Å². The van der Waals surface area contributed by atoms with E-state index >= 15 is 0 Å². The van der Waals surface area contributed by atoms with Crippen LogP contribution in [0.15, 0.2) is 28.2 Å². The number of benzene rings is 1. The van der Waals surface area contributed by atoms with Crippen LogP contribution in [0.3, 0.4) is 0 Å². The van der Waals surface area contributed by atoms with Crippen LogP contribution < -0.4 is 5.56 Å². The maximum atomic E-state index is 11.7. The molecule has 0 saturated carbocycles. The minimum atomic E-state index is -0.0681. The fourth-order valence-corrected chi connectivity index (χ4v) is 3.47. The number of aromatic nitrogens is 2. The highest BCUT2D eigenvalue weighted by atomic mass is 35.5. The molecule has 2 aromatic rings. The monoisotopic (exact) mass is 328 g/mol. The van der Waals surface area contributed by atoms with Gasteiger partial charge >= 0.3 is 0 Å². The number of rotatable bonds is 3. The van der Waals surface area contributed by atoms with E-state index in [2.05, 4.69) is 4.98 Å². The highest BCUT2D eigenvalue weighted by Gasteiger charge is 2.11. The number of hydrogen-bond donors (Lipinski definition) is 0. The molecule has 2 rings (SSSR count). The highest BCUT2D eigenvalue weighted by molar-refractivity contribution is 7.98. The molecule has 1 aromatic carbocycles. The standard InChI is InChI=1S/C14H14Cl2N2OS/c1-8-4-5-11(15)10(13(8)16)7-20-14-17-9(2)6-12(19)18(14)3/h4-6H,7H2,1-3H3. The minimum absolute atomic E-state index is 0.0681.